The Kier molecular flexibility index (Phi) is 3.03. The Hall–Kier alpha value is -1.11. The van der Waals surface area contributed by atoms with Gasteiger partial charge in [-0.15, -0.1) is 0 Å². The maximum Gasteiger partial charge on any atom is 0.0412 e. The van der Waals surface area contributed by atoms with Gasteiger partial charge in [-0.05, 0) is 30.0 Å². The molecule has 1 heteroatoms. The summed E-state index contributed by atoms with van der Waals surface area (Å²) in [4.78, 5) is 4.28. The Labute approximate surface area is 74.2 Å². The Morgan fingerprint density at radius 1 is 1.58 bits per heavy atom. The maximum atomic E-state index is 4.28. The molecular formula is C11H15N. The normalized spacial score (nSPS) is 10.2. The molecule has 0 bridgehead atoms. The standard InChI is InChI=1S/C11H15N/c1-4-10-5-6-12-11(8-10)7-9(2)3/h4-6,8-9H,1,7H2,2-3H3. The van der Waals surface area contributed by atoms with Crippen LogP contribution in [-0.2, 0) is 6.42 Å². The lowest BCUT2D eigenvalue weighted by Crippen LogP contribution is -1.96. The second-order valence-corrected chi connectivity index (χ2v) is 3.38. The second kappa shape index (κ2) is 4.05. The number of pyridine rings is 1. The van der Waals surface area contributed by atoms with E-state index in [1.54, 1.807) is 0 Å². The molecule has 12 heavy (non-hydrogen) atoms. The van der Waals surface area contributed by atoms with Crippen molar-refractivity contribution in [2.24, 2.45) is 5.92 Å². The lowest BCUT2D eigenvalue weighted by atomic mass is 10.1. The summed E-state index contributed by atoms with van der Waals surface area (Å²) in [7, 11) is 0. The number of nitrogens with zero attached hydrogens (tertiary/aromatic N) is 1. The van der Waals surface area contributed by atoms with E-state index in [9.17, 15) is 0 Å². The van der Waals surface area contributed by atoms with Crippen LogP contribution in [0, 0.1) is 5.92 Å². The van der Waals surface area contributed by atoms with Gasteiger partial charge in [0.1, 0.15) is 0 Å². The van der Waals surface area contributed by atoms with Gasteiger partial charge in [0.05, 0.1) is 0 Å². The fourth-order valence-corrected chi connectivity index (χ4v) is 1.15. The van der Waals surface area contributed by atoms with Gasteiger partial charge in [0, 0.05) is 11.9 Å². The molecule has 0 aliphatic carbocycles. The summed E-state index contributed by atoms with van der Waals surface area (Å²) in [5, 5.41) is 0. The van der Waals surface area contributed by atoms with Gasteiger partial charge in [-0.1, -0.05) is 26.5 Å². The van der Waals surface area contributed by atoms with Crippen molar-refractivity contribution in [1.29, 1.82) is 0 Å². The molecule has 64 valence electrons. The van der Waals surface area contributed by atoms with Crippen LogP contribution >= 0.6 is 0 Å². The highest BCUT2D eigenvalue weighted by Crippen LogP contribution is 2.07. The summed E-state index contributed by atoms with van der Waals surface area (Å²) in [5.74, 6) is 0.664. The van der Waals surface area contributed by atoms with E-state index in [2.05, 4.69) is 31.5 Å². The fourth-order valence-electron chi connectivity index (χ4n) is 1.15. The van der Waals surface area contributed by atoms with Crippen LogP contribution in [0.25, 0.3) is 6.08 Å². The molecule has 0 saturated heterocycles. The molecule has 0 saturated carbocycles. The molecule has 1 rings (SSSR count). The van der Waals surface area contributed by atoms with Gasteiger partial charge in [0.25, 0.3) is 0 Å². The largest absolute Gasteiger partial charge is 0.261 e. The Balaban J connectivity index is 2.79. The molecule has 0 N–H and O–H groups in total. The zero-order chi connectivity index (χ0) is 8.97. The summed E-state index contributed by atoms with van der Waals surface area (Å²) in [6.07, 6.45) is 4.74. The maximum absolute atomic E-state index is 4.28. The number of rotatable bonds is 3. The average Bonchev–Trinajstić information content (AvgIpc) is 2.03. The molecule has 1 aromatic rings. The minimum Gasteiger partial charge on any atom is -0.261 e. The Morgan fingerprint density at radius 3 is 2.92 bits per heavy atom. The van der Waals surface area contributed by atoms with Crippen molar-refractivity contribution < 1.29 is 0 Å². The summed E-state index contributed by atoms with van der Waals surface area (Å²) >= 11 is 0. The Morgan fingerprint density at radius 2 is 2.33 bits per heavy atom. The van der Waals surface area contributed by atoms with Crippen LogP contribution in [0.2, 0.25) is 0 Å². The first kappa shape index (κ1) is 8.98. The molecule has 0 fully saturated rings. The topological polar surface area (TPSA) is 12.9 Å². The van der Waals surface area contributed by atoms with Gasteiger partial charge in [0.15, 0.2) is 0 Å². The minimum atomic E-state index is 0.664. The highest BCUT2D eigenvalue weighted by molar-refractivity contribution is 5.46. The fraction of sp³-hybridized carbons (Fsp3) is 0.364. The van der Waals surface area contributed by atoms with Crippen LogP contribution in [-0.4, -0.2) is 4.98 Å². The van der Waals surface area contributed by atoms with Crippen LogP contribution in [0.4, 0.5) is 0 Å². The van der Waals surface area contributed by atoms with E-state index in [-0.39, 0.29) is 0 Å². The molecule has 1 aromatic heterocycles. The number of hydrogen-bond acceptors (Lipinski definition) is 1. The second-order valence-electron chi connectivity index (χ2n) is 3.38. The van der Waals surface area contributed by atoms with Crippen LogP contribution < -0.4 is 0 Å². The lowest BCUT2D eigenvalue weighted by Gasteiger charge is -2.03. The molecule has 0 amide bonds. The molecule has 0 aliphatic rings. The van der Waals surface area contributed by atoms with E-state index >= 15 is 0 Å². The van der Waals surface area contributed by atoms with Crippen molar-refractivity contribution in [2.45, 2.75) is 20.3 Å². The van der Waals surface area contributed by atoms with Gasteiger partial charge < -0.3 is 0 Å². The van der Waals surface area contributed by atoms with E-state index in [1.807, 2.05) is 18.3 Å². The summed E-state index contributed by atoms with van der Waals surface area (Å²) in [6.45, 7) is 8.12. The predicted octanol–water partition coefficient (Wildman–Crippen LogP) is 2.92. The first-order valence-electron chi connectivity index (χ1n) is 4.29. The molecule has 0 radical (unpaired) electrons. The molecule has 0 unspecified atom stereocenters. The van der Waals surface area contributed by atoms with Crippen molar-refractivity contribution in [2.75, 3.05) is 0 Å². The van der Waals surface area contributed by atoms with Crippen LogP contribution in [0.15, 0.2) is 24.9 Å². The van der Waals surface area contributed by atoms with Gasteiger partial charge >= 0.3 is 0 Å². The van der Waals surface area contributed by atoms with Gasteiger partial charge in [-0.25, -0.2) is 0 Å². The first-order valence-corrected chi connectivity index (χ1v) is 4.29. The predicted molar refractivity (Wildman–Crippen MR) is 52.9 cm³/mol. The SMILES string of the molecule is C=Cc1ccnc(CC(C)C)c1. The molecule has 1 nitrogen and oxygen atoms in total. The zero-order valence-corrected chi connectivity index (χ0v) is 7.75. The lowest BCUT2D eigenvalue weighted by molar-refractivity contribution is 0.635. The van der Waals surface area contributed by atoms with Crippen LogP contribution in [0.1, 0.15) is 25.1 Å². The molecular weight excluding hydrogens is 146 g/mol. The van der Waals surface area contributed by atoms with Gasteiger partial charge in [-0.3, -0.25) is 4.98 Å². The highest BCUT2D eigenvalue weighted by Gasteiger charge is 1.98. The van der Waals surface area contributed by atoms with Crippen molar-refractivity contribution >= 4 is 6.08 Å². The third-order valence-corrected chi connectivity index (χ3v) is 1.69. The van der Waals surface area contributed by atoms with E-state index in [0.29, 0.717) is 5.92 Å². The molecule has 0 aliphatic heterocycles. The van der Waals surface area contributed by atoms with E-state index in [4.69, 9.17) is 0 Å². The third kappa shape index (κ3) is 2.50. The quantitative estimate of drug-likeness (QED) is 0.664. The van der Waals surface area contributed by atoms with Crippen molar-refractivity contribution in [1.82, 2.24) is 4.98 Å². The molecule has 0 spiro atoms. The highest BCUT2D eigenvalue weighted by atomic mass is 14.7. The van der Waals surface area contributed by atoms with Crippen molar-refractivity contribution in [3.8, 4) is 0 Å². The first-order chi connectivity index (χ1) is 5.72. The molecule has 0 atom stereocenters. The van der Waals surface area contributed by atoms with E-state index in [0.717, 1.165) is 17.7 Å². The molecule has 1 heterocycles. The van der Waals surface area contributed by atoms with E-state index in [1.165, 1.54) is 0 Å². The zero-order valence-electron chi connectivity index (χ0n) is 7.75. The van der Waals surface area contributed by atoms with Gasteiger partial charge in [0.2, 0.25) is 0 Å². The average molecular weight is 161 g/mol. The van der Waals surface area contributed by atoms with Crippen molar-refractivity contribution in [3.05, 3.63) is 36.2 Å². The minimum absolute atomic E-state index is 0.664. The van der Waals surface area contributed by atoms with Crippen LogP contribution in [0.5, 0.6) is 0 Å². The smallest absolute Gasteiger partial charge is 0.0412 e. The van der Waals surface area contributed by atoms with Gasteiger partial charge in [-0.2, -0.15) is 0 Å². The van der Waals surface area contributed by atoms with E-state index < -0.39 is 0 Å². The number of hydrogen-bond donors (Lipinski definition) is 0. The number of aromatic nitrogens is 1. The van der Waals surface area contributed by atoms with Crippen molar-refractivity contribution in [3.63, 3.8) is 0 Å². The monoisotopic (exact) mass is 161 g/mol. The molecule has 0 aromatic carbocycles. The summed E-state index contributed by atoms with van der Waals surface area (Å²) < 4.78 is 0. The third-order valence-electron chi connectivity index (χ3n) is 1.69. The summed E-state index contributed by atoms with van der Waals surface area (Å²) in [6, 6.07) is 4.06. The Bertz CT molecular complexity index is 263. The summed E-state index contributed by atoms with van der Waals surface area (Å²) in [5.41, 5.74) is 2.31. The van der Waals surface area contributed by atoms with Crippen LogP contribution in [0.3, 0.4) is 0 Å².